The molecule has 2 aromatic carbocycles. The molecule has 0 unspecified atom stereocenters. The van der Waals surface area contributed by atoms with Crippen molar-refractivity contribution in [1.29, 1.82) is 0 Å². The Morgan fingerprint density at radius 3 is 2.48 bits per heavy atom. The summed E-state index contributed by atoms with van der Waals surface area (Å²) in [5, 5.41) is 2.90. The lowest BCUT2D eigenvalue weighted by Gasteiger charge is -2.08. The number of aryl methyl sites for hydroxylation is 1. The third-order valence-corrected chi connectivity index (χ3v) is 4.15. The summed E-state index contributed by atoms with van der Waals surface area (Å²) in [5.41, 5.74) is 1.89. The number of ether oxygens (including phenoxy) is 1. The molecule has 0 saturated carbocycles. The molecule has 110 valence electrons. The number of rotatable bonds is 5. The maximum absolute atomic E-state index is 12.0. The highest BCUT2D eigenvalue weighted by molar-refractivity contribution is 9.11. The van der Waals surface area contributed by atoms with Gasteiger partial charge < -0.3 is 10.1 Å². The van der Waals surface area contributed by atoms with Crippen molar-refractivity contribution in [3.05, 3.63) is 57.0 Å². The quantitative estimate of drug-likeness (QED) is 0.766. The first-order valence-corrected chi connectivity index (χ1v) is 8.05. The second kappa shape index (κ2) is 7.61. The van der Waals surface area contributed by atoms with Crippen molar-refractivity contribution in [2.75, 3.05) is 12.4 Å². The minimum atomic E-state index is -0.00570. The Morgan fingerprint density at radius 2 is 1.86 bits per heavy atom. The van der Waals surface area contributed by atoms with Gasteiger partial charge in [0.25, 0.3) is 0 Å². The predicted octanol–water partition coefficient (Wildman–Crippen LogP) is 4.79. The van der Waals surface area contributed by atoms with E-state index in [0.29, 0.717) is 12.8 Å². The number of carbonyl (C=O) groups is 1. The van der Waals surface area contributed by atoms with Gasteiger partial charge in [-0.05, 0) is 58.2 Å². The van der Waals surface area contributed by atoms with E-state index in [2.05, 4.69) is 37.2 Å². The van der Waals surface area contributed by atoms with E-state index in [-0.39, 0.29) is 5.91 Å². The smallest absolute Gasteiger partial charge is 0.224 e. The van der Waals surface area contributed by atoms with Gasteiger partial charge in [-0.1, -0.05) is 28.1 Å². The Hall–Kier alpha value is -1.33. The van der Waals surface area contributed by atoms with Crippen LogP contribution in [-0.4, -0.2) is 13.0 Å². The number of anilines is 1. The fraction of sp³-hybridized carbons (Fsp3) is 0.188. The fourth-order valence-electron chi connectivity index (χ4n) is 1.85. The molecule has 0 aromatic heterocycles. The van der Waals surface area contributed by atoms with Crippen molar-refractivity contribution in [2.45, 2.75) is 12.8 Å². The van der Waals surface area contributed by atoms with Crippen molar-refractivity contribution in [2.24, 2.45) is 0 Å². The molecule has 0 atom stereocenters. The van der Waals surface area contributed by atoms with Gasteiger partial charge in [-0.3, -0.25) is 4.79 Å². The maximum Gasteiger partial charge on any atom is 0.224 e. The lowest BCUT2D eigenvalue weighted by Crippen LogP contribution is -2.12. The summed E-state index contributed by atoms with van der Waals surface area (Å²) < 4.78 is 6.93. The number of hydrogen-bond acceptors (Lipinski definition) is 2. The Morgan fingerprint density at radius 1 is 1.14 bits per heavy atom. The molecule has 0 aliphatic heterocycles. The lowest BCUT2D eigenvalue weighted by atomic mass is 10.1. The van der Waals surface area contributed by atoms with Crippen LogP contribution >= 0.6 is 31.9 Å². The summed E-state index contributed by atoms with van der Waals surface area (Å²) in [6.07, 6.45) is 1.14. The summed E-state index contributed by atoms with van der Waals surface area (Å²) in [6, 6.07) is 13.4. The van der Waals surface area contributed by atoms with E-state index in [9.17, 15) is 4.79 Å². The third-order valence-electron chi connectivity index (χ3n) is 3.01. The van der Waals surface area contributed by atoms with E-state index in [1.165, 1.54) is 0 Å². The SMILES string of the molecule is COc1ccc(CCC(=O)Nc2ccc(Br)cc2Br)cc1. The molecule has 0 aliphatic carbocycles. The number of methoxy groups -OCH3 is 1. The predicted molar refractivity (Wildman–Crippen MR) is 91.8 cm³/mol. The number of hydrogen-bond donors (Lipinski definition) is 1. The van der Waals surface area contributed by atoms with E-state index in [4.69, 9.17) is 4.74 Å². The second-order valence-electron chi connectivity index (χ2n) is 4.52. The first-order chi connectivity index (χ1) is 10.1. The fourth-order valence-corrected chi connectivity index (χ4v) is 3.00. The highest BCUT2D eigenvalue weighted by atomic mass is 79.9. The van der Waals surface area contributed by atoms with Crippen LogP contribution < -0.4 is 10.1 Å². The second-order valence-corrected chi connectivity index (χ2v) is 6.29. The van der Waals surface area contributed by atoms with Crippen LogP contribution in [0, 0.1) is 0 Å². The van der Waals surface area contributed by atoms with Gasteiger partial charge in [-0.2, -0.15) is 0 Å². The average Bonchev–Trinajstić information content (AvgIpc) is 2.48. The molecule has 1 N–H and O–H groups in total. The summed E-state index contributed by atoms with van der Waals surface area (Å²) in [5.74, 6) is 0.816. The molecule has 0 fully saturated rings. The molecule has 3 nitrogen and oxygen atoms in total. The largest absolute Gasteiger partial charge is 0.497 e. The van der Waals surface area contributed by atoms with Gasteiger partial charge in [0.2, 0.25) is 5.91 Å². The molecule has 0 saturated heterocycles. The molecule has 2 aromatic rings. The van der Waals surface area contributed by atoms with Crippen LogP contribution in [0.4, 0.5) is 5.69 Å². The number of amides is 1. The van der Waals surface area contributed by atoms with E-state index < -0.39 is 0 Å². The zero-order valence-electron chi connectivity index (χ0n) is 11.5. The normalized spacial score (nSPS) is 10.2. The van der Waals surface area contributed by atoms with E-state index >= 15 is 0 Å². The third kappa shape index (κ3) is 4.86. The Kier molecular flexibility index (Phi) is 5.82. The van der Waals surface area contributed by atoms with Gasteiger partial charge in [-0.25, -0.2) is 0 Å². The number of nitrogens with one attached hydrogen (secondary N) is 1. The molecule has 1 amide bonds. The molecular formula is C16H15Br2NO2. The first kappa shape index (κ1) is 16.0. The summed E-state index contributed by atoms with van der Waals surface area (Å²) in [4.78, 5) is 12.0. The summed E-state index contributed by atoms with van der Waals surface area (Å²) in [7, 11) is 1.64. The van der Waals surface area contributed by atoms with Gasteiger partial charge in [0.15, 0.2) is 0 Å². The van der Waals surface area contributed by atoms with Crippen LogP contribution in [0.25, 0.3) is 0 Å². The van der Waals surface area contributed by atoms with E-state index in [0.717, 1.165) is 25.9 Å². The van der Waals surface area contributed by atoms with Gasteiger partial charge in [0, 0.05) is 15.4 Å². The summed E-state index contributed by atoms with van der Waals surface area (Å²) in [6.45, 7) is 0. The van der Waals surface area contributed by atoms with Crippen LogP contribution in [0.5, 0.6) is 5.75 Å². The molecular weight excluding hydrogens is 398 g/mol. The molecule has 0 radical (unpaired) electrons. The monoisotopic (exact) mass is 411 g/mol. The van der Waals surface area contributed by atoms with Crippen LogP contribution in [0.2, 0.25) is 0 Å². The number of halogens is 2. The molecule has 5 heteroatoms. The topological polar surface area (TPSA) is 38.3 Å². The van der Waals surface area contributed by atoms with E-state index in [1.54, 1.807) is 7.11 Å². The minimum absolute atomic E-state index is 0.00570. The molecule has 0 aliphatic rings. The van der Waals surface area contributed by atoms with Crippen LogP contribution in [0.15, 0.2) is 51.4 Å². The van der Waals surface area contributed by atoms with Gasteiger partial charge in [-0.15, -0.1) is 0 Å². The van der Waals surface area contributed by atoms with Gasteiger partial charge >= 0.3 is 0 Å². The maximum atomic E-state index is 12.0. The molecule has 2 rings (SSSR count). The molecule has 21 heavy (non-hydrogen) atoms. The number of carbonyl (C=O) groups excluding carboxylic acids is 1. The van der Waals surface area contributed by atoms with Gasteiger partial charge in [0.1, 0.15) is 5.75 Å². The van der Waals surface area contributed by atoms with Crippen molar-refractivity contribution in [1.82, 2.24) is 0 Å². The van der Waals surface area contributed by atoms with Crippen molar-refractivity contribution >= 4 is 43.5 Å². The van der Waals surface area contributed by atoms with Crippen LogP contribution in [-0.2, 0) is 11.2 Å². The molecule has 0 spiro atoms. The molecule has 0 bridgehead atoms. The zero-order valence-corrected chi connectivity index (χ0v) is 14.7. The van der Waals surface area contributed by atoms with Crippen molar-refractivity contribution in [3.63, 3.8) is 0 Å². The highest BCUT2D eigenvalue weighted by Gasteiger charge is 2.06. The van der Waals surface area contributed by atoms with Crippen molar-refractivity contribution < 1.29 is 9.53 Å². The average molecular weight is 413 g/mol. The Labute approximate surface area is 141 Å². The van der Waals surface area contributed by atoms with Crippen LogP contribution in [0.1, 0.15) is 12.0 Å². The first-order valence-electron chi connectivity index (χ1n) is 6.46. The highest BCUT2D eigenvalue weighted by Crippen LogP contribution is 2.26. The Bertz CT molecular complexity index is 627. The summed E-state index contributed by atoms with van der Waals surface area (Å²) >= 11 is 6.81. The van der Waals surface area contributed by atoms with Crippen LogP contribution in [0.3, 0.4) is 0 Å². The van der Waals surface area contributed by atoms with E-state index in [1.807, 2.05) is 42.5 Å². The zero-order chi connectivity index (χ0) is 15.2. The van der Waals surface area contributed by atoms with Crippen molar-refractivity contribution in [3.8, 4) is 5.75 Å². The van der Waals surface area contributed by atoms with Gasteiger partial charge in [0.05, 0.1) is 12.8 Å². The minimum Gasteiger partial charge on any atom is -0.497 e. The number of benzene rings is 2. The lowest BCUT2D eigenvalue weighted by molar-refractivity contribution is -0.116. The molecule has 0 heterocycles. The standard InChI is InChI=1S/C16H15Br2NO2/c1-21-13-6-2-11(3-7-13)4-9-16(20)19-15-8-5-12(17)10-14(15)18/h2-3,5-8,10H,4,9H2,1H3,(H,19,20). The Balaban J connectivity index is 1.89.